The summed E-state index contributed by atoms with van der Waals surface area (Å²) in [6, 6.07) is 18.0. The standard InChI is InChI=1S/C24H28N2O4S2/c1-2-3-16-30-22-12-8-19(9-13-22)14-15-25-23(27)18-20-6-10-21(11-7-20)26-32(28,29)24-5-4-17-31-24/h4-13,17,26H,2-3,14-16,18H2,1H3,(H,25,27). The molecule has 1 aromatic heterocycles. The minimum absolute atomic E-state index is 0.0727. The highest BCUT2D eigenvalue weighted by molar-refractivity contribution is 7.94. The average molecular weight is 473 g/mol. The summed E-state index contributed by atoms with van der Waals surface area (Å²) in [5.74, 6) is 0.795. The van der Waals surface area contributed by atoms with Crippen LogP contribution in [0.15, 0.2) is 70.3 Å². The minimum Gasteiger partial charge on any atom is -0.494 e. The molecule has 2 aromatic carbocycles. The van der Waals surface area contributed by atoms with E-state index in [9.17, 15) is 13.2 Å². The molecular formula is C24H28N2O4S2. The fourth-order valence-corrected chi connectivity index (χ4v) is 5.04. The van der Waals surface area contributed by atoms with E-state index in [1.807, 2.05) is 24.3 Å². The number of unbranched alkanes of at least 4 members (excludes halogenated alkanes) is 1. The molecule has 32 heavy (non-hydrogen) atoms. The van der Waals surface area contributed by atoms with E-state index in [0.717, 1.165) is 54.1 Å². The zero-order chi connectivity index (χ0) is 22.8. The Kier molecular flexibility index (Phi) is 8.70. The van der Waals surface area contributed by atoms with Crippen molar-refractivity contribution < 1.29 is 17.9 Å². The Morgan fingerprint density at radius 1 is 1.00 bits per heavy atom. The smallest absolute Gasteiger partial charge is 0.271 e. The lowest BCUT2D eigenvalue weighted by molar-refractivity contribution is -0.120. The lowest BCUT2D eigenvalue weighted by Crippen LogP contribution is -2.27. The number of carbonyl (C=O) groups is 1. The second-order valence-corrected chi connectivity index (χ2v) is 10.2. The van der Waals surface area contributed by atoms with Crippen molar-refractivity contribution in [1.29, 1.82) is 0 Å². The minimum atomic E-state index is -3.57. The van der Waals surface area contributed by atoms with E-state index in [-0.39, 0.29) is 16.5 Å². The van der Waals surface area contributed by atoms with Gasteiger partial charge in [-0.2, -0.15) is 0 Å². The van der Waals surface area contributed by atoms with E-state index >= 15 is 0 Å². The first-order valence-corrected chi connectivity index (χ1v) is 13.0. The van der Waals surface area contributed by atoms with Crippen molar-refractivity contribution in [3.8, 4) is 5.75 Å². The summed E-state index contributed by atoms with van der Waals surface area (Å²) in [6.07, 6.45) is 3.13. The molecular weight excluding hydrogens is 444 g/mol. The largest absolute Gasteiger partial charge is 0.494 e. The summed E-state index contributed by atoms with van der Waals surface area (Å²) in [5, 5.41) is 4.64. The van der Waals surface area contributed by atoms with Crippen molar-refractivity contribution in [2.45, 2.75) is 36.8 Å². The van der Waals surface area contributed by atoms with Crippen LogP contribution in [0, 0.1) is 0 Å². The summed E-state index contributed by atoms with van der Waals surface area (Å²) >= 11 is 1.16. The molecule has 0 aliphatic rings. The van der Waals surface area contributed by atoms with E-state index in [1.165, 1.54) is 0 Å². The molecule has 2 N–H and O–H groups in total. The number of hydrogen-bond acceptors (Lipinski definition) is 5. The summed E-state index contributed by atoms with van der Waals surface area (Å²) in [4.78, 5) is 12.2. The number of benzene rings is 2. The lowest BCUT2D eigenvalue weighted by Gasteiger charge is -2.09. The molecule has 170 valence electrons. The van der Waals surface area contributed by atoms with Gasteiger partial charge in [-0.15, -0.1) is 11.3 Å². The number of nitrogens with one attached hydrogen (secondary N) is 2. The van der Waals surface area contributed by atoms with Crippen molar-refractivity contribution in [3.63, 3.8) is 0 Å². The molecule has 0 atom stereocenters. The van der Waals surface area contributed by atoms with Gasteiger partial charge in [-0.25, -0.2) is 8.42 Å². The SMILES string of the molecule is CCCCOc1ccc(CCNC(=O)Cc2ccc(NS(=O)(=O)c3cccs3)cc2)cc1. The Bertz CT molecular complexity index is 1080. The summed E-state index contributed by atoms with van der Waals surface area (Å²) in [5.41, 5.74) is 2.41. The number of ether oxygens (including phenoxy) is 1. The van der Waals surface area contributed by atoms with Crippen LogP contribution in [0.2, 0.25) is 0 Å². The Morgan fingerprint density at radius 2 is 1.72 bits per heavy atom. The lowest BCUT2D eigenvalue weighted by atomic mass is 10.1. The van der Waals surface area contributed by atoms with Crippen LogP contribution >= 0.6 is 11.3 Å². The van der Waals surface area contributed by atoms with Gasteiger partial charge in [0.1, 0.15) is 9.96 Å². The fourth-order valence-electron chi connectivity index (χ4n) is 2.99. The molecule has 0 bridgehead atoms. The van der Waals surface area contributed by atoms with E-state index < -0.39 is 10.0 Å². The quantitative estimate of drug-likeness (QED) is 0.377. The number of anilines is 1. The first-order valence-electron chi connectivity index (χ1n) is 10.6. The van der Waals surface area contributed by atoms with Gasteiger partial charge in [0.2, 0.25) is 5.91 Å². The second kappa shape index (κ2) is 11.7. The van der Waals surface area contributed by atoms with Crippen molar-refractivity contribution >= 4 is 33.0 Å². The molecule has 0 radical (unpaired) electrons. The fraction of sp³-hybridized carbons (Fsp3) is 0.292. The highest BCUT2D eigenvalue weighted by Gasteiger charge is 2.15. The molecule has 6 nitrogen and oxygen atoms in total. The zero-order valence-electron chi connectivity index (χ0n) is 18.0. The van der Waals surface area contributed by atoms with Crippen LogP contribution in [0.4, 0.5) is 5.69 Å². The maximum atomic E-state index is 12.3. The molecule has 0 saturated carbocycles. The molecule has 0 aliphatic heterocycles. The second-order valence-electron chi connectivity index (χ2n) is 7.36. The molecule has 3 rings (SSSR count). The average Bonchev–Trinajstić information content (AvgIpc) is 3.32. The molecule has 0 unspecified atom stereocenters. The van der Waals surface area contributed by atoms with Gasteiger partial charge < -0.3 is 10.1 Å². The number of rotatable bonds is 12. The van der Waals surface area contributed by atoms with Crippen molar-refractivity contribution in [2.75, 3.05) is 17.9 Å². The third-order valence-corrected chi connectivity index (χ3v) is 7.54. The van der Waals surface area contributed by atoms with Crippen molar-refractivity contribution in [1.82, 2.24) is 5.32 Å². The third-order valence-electron chi connectivity index (χ3n) is 4.76. The van der Waals surface area contributed by atoms with E-state index in [2.05, 4.69) is 17.0 Å². The van der Waals surface area contributed by atoms with Gasteiger partial charge in [-0.05, 0) is 59.7 Å². The number of carbonyl (C=O) groups excluding carboxylic acids is 1. The molecule has 1 amide bonds. The van der Waals surface area contributed by atoms with Gasteiger partial charge >= 0.3 is 0 Å². The maximum absolute atomic E-state index is 12.3. The Morgan fingerprint density at radius 3 is 2.38 bits per heavy atom. The van der Waals surface area contributed by atoms with Crippen LogP contribution in [0.3, 0.4) is 0 Å². The predicted octanol–water partition coefficient (Wildman–Crippen LogP) is 4.63. The van der Waals surface area contributed by atoms with Gasteiger partial charge in [0, 0.05) is 12.2 Å². The van der Waals surface area contributed by atoms with Gasteiger partial charge in [0.15, 0.2) is 0 Å². The van der Waals surface area contributed by atoms with E-state index in [1.54, 1.807) is 41.8 Å². The molecule has 3 aromatic rings. The number of amides is 1. The number of sulfonamides is 1. The highest BCUT2D eigenvalue weighted by atomic mass is 32.2. The predicted molar refractivity (Wildman–Crippen MR) is 129 cm³/mol. The molecule has 0 fully saturated rings. The molecule has 0 saturated heterocycles. The van der Waals surface area contributed by atoms with Crippen LogP contribution < -0.4 is 14.8 Å². The first kappa shape index (κ1) is 23.8. The highest BCUT2D eigenvalue weighted by Crippen LogP contribution is 2.20. The van der Waals surface area contributed by atoms with Gasteiger partial charge in [-0.3, -0.25) is 9.52 Å². The summed E-state index contributed by atoms with van der Waals surface area (Å²) < 4.78 is 33.0. The normalized spacial score (nSPS) is 11.2. The van der Waals surface area contributed by atoms with Crippen molar-refractivity contribution in [2.24, 2.45) is 0 Å². The van der Waals surface area contributed by atoms with E-state index in [0.29, 0.717) is 12.2 Å². The van der Waals surface area contributed by atoms with Crippen LogP contribution in [0.25, 0.3) is 0 Å². The number of hydrogen-bond donors (Lipinski definition) is 2. The van der Waals surface area contributed by atoms with Crippen LogP contribution in [-0.4, -0.2) is 27.5 Å². The molecule has 0 aliphatic carbocycles. The summed E-state index contributed by atoms with van der Waals surface area (Å²) in [7, 11) is -3.57. The van der Waals surface area contributed by atoms with E-state index in [4.69, 9.17) is 4.74 Å². The van der Waals surface area contributed by atoms with Gasteiger partial charge in [0.05, 0.1) is 13.0 Å². The molecule has 1 heterocycles. The van der Waals surface area contributed by atoms with Crippen LogP contribution in [0.1, 0.15) is 30.9 Å². The topological polar surface area (TPSA) is 84.5 Å². The van der Waals surface area contributed by atoms with Crippen LogP contribution in [0.5, 0.6) is 5.75 Å². The molecule has 8 heteroatoms. The third kappa shape index (κ3) is 7.39. The summed E-state index contributed by atoms with van der Waals surface area (Å²) in [6.45, 7) is 3.41. The Hall–Kier alpha value is -2.84. The number of thiophene rings is 1. The van der Waals surface area contributed by atoms with Crippen molar-refractivity contribution in [3.05, 3.63) is 77.2 Å². The van der Waals surface area contributed by atoms with Gasteiger partial charge in [-0.1, -0.05) is 43.7 Å². The Balaban J connectivity index is 1.41. The zero-order valence-corrected chi connectivity index (χ0v) is 19.7. The first-order chi connectivity index (χ1) is 15.5. The van der Waals surface area contributed by atoms with Crippen LogP contribution in [-0.2, 0) is 27.7 Å². The maximum Gasteiger partial charge on any atom is 0.271 e. The monoisotopic (exact) mass is 472 g/mol. The Labute approximate surface area is 193 Å². The van der Waals surface area contributed by atoms with Gasteiger partial charge in [0.25, 0.3) is 10.0 Å². The molecule has 0 spiro atoms.